The number of para-hydroxylation sites is 3. The van der Waals surface area contributed by atoms with Crippen molar-refractivity contribution in [2.24, 2.45) is 0 Å². The van der Waals surface area contributed by atoms with E-state index in [-0.39, 0.29) is 0 Å². The Balaban J connectivity index is 1.29. The van der Waals surface area contributed by atoms with Gasteiger partial charge in [0.25, 0.3) is 0 Å². The Morgan fingerprint density at radius 3 is 2.15 bits per heavy atom. The molecule has 0 atom stereocenters. The number of thiazole rings is 1. The van der Waals surface area contributed by atoms with Gasteiger partial charge in [0.2, 0.25) is 0 Å². The fourth-order valence-corrected chi connectivity index (χ4v) is 7.07. The number of imidazole rings is 1. The molecule has 0 aliphatic heterocycles. The van der Waals surface area contributed by atoms with E-state index >= 15 is 0 Å². The Labute approximate surface area is 233 Å². The first-order valence-corrected chi connectivity index (χ1v) is 14.2. The number of hydrogen-bond acceptors (Lipinski definition) is 3. The van der Waals surface area contributed by atoms with Crippen LogP contribution in [0.25, 0.3) is 81.0 Å². The summed E-state index contributed by atoms with van der Waals surface area (Å²) >= 11 is 1.74. The average Bonchev–Trinajstić information content (AvgIpc) is 3.63. The molecule has 40 heavy (non-hydrogen) atoms. The van der Waals surface area contributed by atoms with Crippen molar-refractivity contribution in [1.29, 1.82) is 0 Å². The molecule has 0 fully saturated rings. The van der Waals surface area contributed by atoms with Crippen molar-refractivity contribution in [2.45, 2.75) is 0 Å². The van der Waals surface area contributed by atoms with Crippen molar-refractivity contribution in [1.82, 2.24) is 14.4 Å². The van der Waals surface area contributed by atoms with Crippen LogP contribution in [0.1, 0.15) is 0 Å². The van der Waals surface area contributed by atoms with Crippen LogP contribution in [0, 0.1) is 0 Å². The normalized spacial score (nSPS) is 12.0. The molecule has 0 spiro atoms. The molecule has 0 unspecified atom stereocenters. The Hall–Kier alpha value is -5.06. The SMILES string of the molecule is c1ccc2c(c1)ccc1c3cc(-c4ccc(-c5nc6ccccc6s5)cc4)ccc3n3c4ccccc4nc3c21. The minimum absolute atomic E-state index is 1.01. The summed E-state index contributed by atoms with van der Waals surface area (Å²) in [5, 5.41) is 7.16. The summed E-state index contributed by atoms with van der Waals surface area (Å²) in [6.07, 6.45) is 0. The Kier molecular flexibility index (Phi) is 4.48. The number of pyridine rings is 1. The number of benzene rings is 6. The third kappa shape index (κ3) is 3.11. The summed E-state index contributed by atoms with van der Waals surface area (Å²) in [6, 6.07) is 45.5. The lowest BCUT2D eigenvalue weighted by molar-refractivity contribution is 1.32. The van der Waals surface area contributed by atoms with Crippen molar-refractivity contribution >= 4 is 70.7 Å². The van der Waals surface area contributed by atoms with Crippen LogP contribution < -0.4 is 0 Å². The fraction of sp³-hybridized carbons (Fsp3) is 0. The molecule has 0 radical (unpaired) electrons. The van der Waals surface area contributed by atoms with Gasteiger partial charge >= 0.3 is 0 Å². The maximum Gasteiger partial charge on any atom is 0.147 e. The van der Waals surface area contributed by atoms with Gasteiger partial charge in [0.05, 0.1) is 26.8 Å². The summed E-state index contributed by atoms with van der Waals surface area (Å²) < 4.78 is 3.55. The zero-order valence-electron chi connectivity index (χ0n) is 21.4. The van der Waals surface area contributed by atoms with E-state index in [2.05, 4.69) is 126 Å². The van der Waals surface area contributed by atoms with E-state index < -0.39 is 0 Å². The topological polar surface area (TPSA) is 30.2 Å². The summed E-state index contributed by atoms with van der Waals surface area (Å²) in [4.78, 5) is 9.98. The molecule has 6 aromatic carbocycles. The number of aromatic nitrogens is 3. The number of fused-ring (bicyclic) bond motifs is 11. The highest BCUT2D eigenvalue weighted by molar-refractivity contribution is 7.21. The second kappa shape index (κ2) is 8.22. The average molecular weight is 528 g/mol. The predicted molar refractivity (Wildman–Crippen MR) is 169 cm³/mol. The van der Waals surface area contributed by atoms with E-state index in [0.717, 1.165) is 32.8 Å². The molecule has 4 heteroatoms. The maximum atomic E-state index is 5.14. The fourth-order valence-electron chi connectivity index (χ4n) is 6.10. The molecule has 9 aromatic rings. The first-order chi connectivity index (χ1) is 19.8. The van der Waals surface area contributed by atoms with Gasteiger partial charge in [-0.3, -0.25) is 4.40 Å². The van der Waals surface area contributed by atoms with Gasteiger partial charge in [-0.2, -0.15) is 0 Å². The second-order valence-electron chi connectivity index (χ2n) is 10.3. The van der Waals surface area contributed by atoms with Gasteiger partial charge in [0.1, 0.15) is 10.7 Å². The largest absolute Gasteiger partial charge is 0.292 e. The molecule has 3 nitrogen and oxygen atoms in total. The van der Waals surface area contributed by atoms with Crippen molar-refractivity contribution in [3.63, 3.8) is 0 Å². The molecule has 186 valence electrons. The minimum atomic E-state index is 1.01. The van der Waals surface area contributed by atoms with Gasteiger partial charge in [-0.1, -0.05) is 91.0 Å². The zero-order valence-corrected chi connectivity index (χ0v) is 22.2. The molecule has 0 saturated carbocycles. The number of rotatable bonds is 2. The van der Waals surface area contributed by atoms with Crippen molar-refractivity contribution in [3.05, 3.63) is 127 Å². The van der Waals surface area contributed by atoms with Crippen LogP contribution in [0.3, 0.4) is 0 Å². The Morgan fingerprint density at radius 1 is 0.500 bits per heavy atom. The highest BCUT2D eigenvalue weighted by atomic mass is 32.1. The minimum Gasteiger partial charge on any atom is -0.292 e. The molecular weight excluding hydrogens is 506 g/mol. The summed E-state index contributed by atoms with van der Waals surface area (Å²) in [7, 11) is 0. The molecule has 0 saturated heterocycles. The zero-order chi connectivity index (χ0) is 26.2. The van der Waals surface area contributed by atoms with Crippen LogP contribution in [0.15, 0.2) is 127 Å². The molecular formula is C36H21N3S. The van der Waals surface area contributed by atoms with E-state index in [1.807, 2.05) is 6.07 Å². The lowest BCUT2D eigenvalue weighted by Crippen LogP contribution is -1.93. The molecule has 3 heterocycles. The van der Waals surface area contributed by atoms with Crippen molar-refractivity contribution < 1.29 is 0 Å². The highest BCUT2D eigenvalue weighted by Crippen LogP contribution is 2.38. The van der Waals surface area contributed by atoms with Crippen LogP contribution in [-0.4, -0.2) is 14.4 Å². The van der Waals surface area contributed by atoms with Gasteiger partial charge in [-0.15, -0.1) is 11.3 Å². The molecule has 0 amide bonds. The second-order valence-corrected chi connectivity index (χ2v) is 11.3. The van der Waals surface area contributed by atoms with Crippen LogP contribution in [0.4, 0.5) is 0 Å². The Morgan fingerprint density at radius 2 is 1.25 bits per heavy atom. The highest BCUT2D eigenvalue weighted by Gasteiger charge is 2.16. The van der Waals surface area contributed by atoms with Crippen molar-refractivity contribution in [2.75, 3.05) is 0 Å². The third-order valence-corrected chi connectivity index (χ3v) is 9.09. The van der Waals surface area contributed by atoms with Crippen LogP contribution in [0.2, 0.25) is 0 Å². The van der Waals surface area contributed by atoms with Crippen LogP contribution in [-0.2, 0) is 0 Å². The predicted octanol–water partition coefficient (Wildman–Crippen LogP) is 9.89. The van der Waals surface area contributed by atoms with Gasteiger partial charge in [0, 0.05) is 16.3 Å². The monoisotopic (exact) mass is 527 g/mol. The molecule has 0 aliphatic rings. The molecule has 3 aromatic heterocycles. The van der Waals surface area contributed by atoms with E-state index in [1.54, 1.807) is 11.3 Å². The number of hydrogen-bond donors (Lipinski definition) is 0. The van der Waals surface area contributed by atoms with E-state index in [9.17, 15) is 0 Å². The summed E-state index contributed by atoms with van der Waals surface area (Å²) in [5.74, 6) is 0. The lowest BCUT2D eigenvalue weighted by atomic mass is 9.96. The molecule has 0 bridgehead atoms. The van der Waals surface area contributed by atoms with Crippen LogP contribution >= 0.6 is 11.3 Å². The lowest BCUT2D eigenvalue weighted by Gasteiger charge is -2.13. The van der Waals surface area contributed by atoms with E-state index in [1.165, 1.54) is 48.3 Å². The van der Waals surface area contributed by atoms with Gasteiger partial charge in [-0.25, -0.2) is 9.97 Å². The molecule has 0 aliphatic carbocycles. The van der Waals surface area contributed by atoms with Gasteiger partial charge in [0.15, 0.2) is 0 Å². The van der Waals surface area contributed by atoms with Crippen molar-refractivity contribution in [3.8, 4) is 21.7 Å². The van der Waals surface area contributed by atoms with Crippen LogP contribution in [0.5, 0.6) is 0 Å². The summed E-state index contributed by atoms with van der Waals surface area (Å²) in [5.41, 5.74) is 8.91. The van der Waals surface area contributed by atoms with E-state index in [4.69, 9.17) is 9.97 Å². The summed E-state index contributed by atoms with van der Waals surface area (Å²) in [6.45, 7) is 0. The van der Waals surface area contributed by atoms with Gasteiger partial charge in [-0.05, 0) is 63.7 Å². The quantitative estimate of drug-likeness (QED) is 0.209. The molecule has 0 N–H and O–H groups in total. The first kappa shape index (κ1) is 21.8. The third-order valence-electron chi connectivity index (χ3n) is 8.00. The maximum absolute atomic E-state index is 5.14. The standard InChI is InChI=1S/C36H21N3S/c1-2-8-26-23(7-1)17-19-27-28-21-25(18-20-31(28)39-32-11-5-3-9-29(32)37-35(39)34(26)27)22-13-15-24(16-14-22)36-38-30-10-4-6-12-33(30)40-36/h1-21H. The Bertz CT molecular complexity index is 2400. The van der Waals surface area contributed by atoms with E-state index in [0.29, 0.717) is 0 Å². The first-order valence-electron chi connectivity index (χ1n) is 13.4. The smallest absolute Gasteiger partial charge is 0.147 e. The molecule has 9 rings (SSSR count). The van der Waals surface area contributed by atoms with Gasteiger partial charge < -0.3 is 0 Å². The number of nitrogens with zero attached hydrogens (tertiary/aromatic N) is 3.